The highest BCUT2D eigenvalue weighted by Gasteiger charge is 2.32. The maximum absolute atomic E-state index is 11.8. The molecular formula is C13H23N3O4. The highest BCUT2D eigenvalue weighted by molar-refractivity contribution is 5.95. The normalized spacial score (nSPS) is 19.5. The van der Waals surface area contributed by atoms with Crippen molar-refractivity contribution in [3.8, 4) is 0 Å². The summed E-state index contributed by atoms with van der Waals surface area (Å²) in [6.45, 7) is 6.13. The summed E-state index contributed by atoms with van der Waals surface area (Å²) < 4.78 is 4.70. The summed E-state index contributed by atoms with van der Waals surface area (Å²) in [5, 5.41) is 4.90. The van der Waals surface area contributed by atoms with Crippen molar-refractivity contribution in [2.75, 3.05) is 20.2 Å². The van der Waals surface area contributed by atoms with Crippen LogP contribution in [-0.2, 0) is 14.3 Å². The topological polar surface area (TPSA) is 87.7 Å². The molecule has 1 unspecified atom stereocenters. The average Bonchev–Trinajstić information content (AvgIpc) is 2.73. The first-order valence-electron chi connectivity index (χ1n) is 6.67. The van der Waals surface area contributed by atoms with Crippen LogP contribution >= 0.6 is 0 Å². The minimum absolute atomic E-state index is 0.0112. The molecule has 1 aliphatic heterocycles. The van der Waals surface area contributed by atoms with Gasteiger partial charge in [0.2, 0.25) is 5.91 Å². The summed E-state index contributed by atoms with van der Waals surface area (Å²) >= 11 is 0. The van der Waals surface area contributed by atoms with Crippen LogP contribution in [0.4, 0.5) is 4.79 Å². The molecule has 0 radical (unpaired) electrons. The Labute approximate surface area is 119 Å². The number of ether oxygens (including phenoxy) is 1. The predicted octanol–water partition coefficient (Wildman–Crippen LogP) is 0.248. The van der Waals surface area contributed by atoms with Crippen LogP contribution < -0.4 is 10.6 Å². The number of methoxy groups -OCH3 is 1. The van der Waals surface area contributed by atoms with Gasteiger partial charge in [-0.05, 0) is 40.2 Å². The molecule has 1 heterocycles. The van der Waals surface area contributed by atoms with Crippen molar-refractivity contribution < 1.29 is 19.1 Å². The van der Waals surface area contributed by atoms with Crippen LogP contribution in [-0.4, -0.2) is 54.6 Å². The number of nitrogens with zero attached hydrogens (tertiary/aromatic N) is 1. The van der Waals surface area contributed by atoms with Crippen molar-refractivity contribution in [1.82, 2.24) is 15.5 Å². The van der Waals surface area contributed by atoms with Crippen LogP contribution in [0.1, 0.15) is 33.6 Å². The van der Waals surface area contributed by atoms with Gasteiger partial charge < -0.3 is 10.1 Å². The van der Waals surface area contributed by atoms with E-state index in [1.807, 2.05) is 20.8 Å². The molecule has 1 saturated heterocycles. The first-order chi connectivity index (χ1) is 9.23. The Morgan fingerprint density at radius 3 is 2.50 bits per heavy atom. The van der Waals surface area contributed by atoms with Gasteiger partial charge in [-0.25, -0.2) is 4.79 Å². The van der Waals surface area contributed by atoms with E-state index >= 15 is 0 Å². The Morgan fingerprint density at radius 2 is 1.95 bits per heavy atom. The van der Waals surface area contributed by atoms with Crippen molar-refractivity contribution in [1.29, 1.82) is 0 Å². The fourth-order valence-electron chi connectivity index (χ4n) is 2.14. The second kappa shape index (κ2) is 6.69. The minimum atomic E-state index is -0.531. The molecule has 1 aliphatic rings. The third kappa shape index (κ3) is 5.16. The van der Waals surface area contributed by atoms with E-state index in [1.54, 1.807) is 4.90 Å². The first kappa shape index (κ1) is 16.4. The van der Waals surface area contributed by atoms with E-state index in [4.69, 9.17) is 4.74 Å². The molecule has 0 aromatic heterocycles. The summed E-state index contributed by atoms with van der Waals surface area (Å²) in [7, 11) is 1.33. The van der Waals surface area contributed by atoms with Crippen LogP contribution in [0.25, 0.3) is 0 Å². The predicted molar refractivity (Wildman–Crippen MR) is 73.0 cm³/mol. The van der Waals surface area contributed by atoms with Crippen LogP contribution in [0.5, 0.6) is 0 Å². The summed E-state index contributed by atoms with van der Waals surface area (Å²) in [6, 6.07) is -0.923. The number of hydrogen-bond acceptors (Lipinski definition) is 5. The van der Waals surface area contributed by atoms with E-state index in [0.29, 0.717) is 13.0 Å². The second-order valence-corrected chi connectivity index (χ2v) is 5.90. The van der Waals surface area contributed by atoms with Crippen LogP contribution in [0, 0.1) is 0 Å². The lowest BCUT2D eigenvalue weighted by Crippen LogP contribution is -2.51. The molecule has 1 atom stereocenters. The van der Waals surface area contributed by atoms with E-state index in [9.17, 15) is 14.4 Å². The second-order valence-electron chi connectivity index (χ2n) is 5.90. The molecule has 0 spiro atoms. The van der Waals surface area contributed by atoms with Gasteiger partial charge in [-0.15, -0.1) is 0 Å². The number of urea groups is 1. The number of amides is 3. The zero-order chi connectivity index (χ0) is 15.3. The fraction of sp³-hybridized carbons (Fsp3) is 0.769. The van der Waals surface area contributed by atoms with E-state index in [-0.39, 0.29) is 12.5 Å². The molecule has 2 N–H and O–H groups in total. The van der Waals surface area contributed by atoms with Gasteiger partial charge >= 0.3 is 12.0 Å². The monoisotopic (exact) mass is 285 g/mol. The van der Waals surface area contributed by atoms with Gasteiger partial charge in [-0.1, -0.05) is 0 Å². The first-order valence-corrected chi connectivity index (χ1v) is 6.67. The van der Waals surface area contributed by atoms with Gasteiger partial charge in [0.25, 0.3) is 0 Å². The van der Waals surface area contributed by atoms with Crippen molar-refractivity contribution in [3.63, 3.8) is 0 Å². The number of rotatable bonds is 3. The van der Waals surface area contributed by atoms with E-state index < -0.39 is 23.5 Å². The smallest absolute Gasteiger partial charge is 0.323 e. The summed E-state index contributed by atoms with van der Waals surface area (Å²) in [6.07, 6.45) is 1.51. The summed E-state index contributed by atoms with van der Waals surface area (Å²) in [5.74, 6) is -0.767. The molecule has 7 heteroatoms. The van der Waals surface area contributed by atoms with Gasteiger partial charge in [-0.3, -0.25) is 19.8 Å². The van der Waals surface area contributed by atoms with Gasteiger partial charge in [0, 0.05) is 5.54 Å². The van der Waals surface area contributed by atoms with E-state index in [2.05, 4.69) is 10.6 Å². The van der Waals surface area contributed by atoms with E-state index in [1.165, 1.54) is 7.11 Å². The largest absolute Gasteiger partial charge is 0.468 e. The lowest BCUT2D eigenvalue weighted by molar-refractivity contribution is -0.146. The maximum atomic E-state index is 11.8. The van der Waals surface area contributed by atoms with Gasteiger partial charge in [0.05, 0.1) is 13.7 Å². The average molecular weight is 285 g/mol. The van der Waals surface area contributed by atoms with Crippen LogP contribution in [0.15, 0.2) is 0 Å². The number of esters is 1. The van der Waals surface area contributed by atoms with Crippen molar-refractivity contribution in [2.45, 2.75) is 45.2 Å². The molecule has 0 aliphatic carbocycles. The van der Waals surface area contributed by atoms with Crippen molar-refractivity contribution in [2.24, 2.45) is 0 Å². The number of nitrogens with one attached hydrogen (secondary N) is 2. The zero-order valence-corrected chi connectivity index (χ0v) is 12.5. The highest BCUT2D eigenvalue weighted by Crippen LogP contribution is 2.17. The van der Waals surface area contributed by atoms with Crippen LogP contribution in [0.2, 0.25) is 0 Å². The Hall–Kier alpha value is -1.63. The van der Waals surface area contributed by atoms with Crippen molar-refractivity contribution >= 4 is 17.9 Å². The third-order valence-corrected chi connectivity index (χ3v) is 2.93. The molecule has 0 saturated carbocycles. The Kier molecular flexibility index (Phi) is 5.50. The summed E-state index contributed by atoms with van der Waals surface area (Å²) in [4.78, 5) is 36.6. The Balaban J connectivity index is 2.46. The van der Waals surface area contributed by atoms with Gasteiger partial charge in [0.1, 0.15) is 6.04 Å². The molecule has 0 bridgehead atoms. The quantitative estimate of drug-likeness (QED) is 0.726. The molecule has 20 heavy (non-hydrogen) atoms. The minimum Gasteiger partial charge on any atom is -0.468 e. The van der Waals surface area contributed by atoms with Crippen LogP contribution in [0.3, 0.4) is 0 Å². The number of imide groups is 1. The van der Waals surface area contributed by atoms with E-state index in [0.717, 1.165) is 6.42 Å². The molecule has 0 aromatic rings. The number of carbonyl (C=O) groups is 3. The zero-order valence-electron chi connectivity index (χ0n) is 12.5. The summed E-state index contributed by atoms with van der Waals surface area (Å²) in [5.41, 5.74) is -0.410. The van der Waals surface area contributed by atoms with Gasteiger partial charge in [-0.2, -0.15) is 0 Å². The third-order valence-electron chi connectivity index (χ3n) is 2.93. The molecule has 3 amide bonds. The lowest BCUT2D eigenvalue weighted by atomic mass is 10.1. The number of hydrogen-bond donors (Lipinski definition) is 2. The standard InChI is InChI=1S/C13H23N3O4/c1-13(2,3)15-12(19)14-10(17)8-16-7-5-6-9(16)11(18)20-4/h9H,5-8H2,1-4H3,(H2,14,15,17,19). The molecule has 114 valence electrons. The fourth-order valence-corrected chi connectivity index (χ4v) is 2.14. The highest BCUT2D eigenvalue weighted by atomic mass is 16.5. The molecular weight excluding hydrogens is 262 g/mol. The van der Waals surface area contributed by atoms with Crippen molar-refractivity contribution in [3.05, 3.63) is 0 Å². The molecule has 7 nitrogen and oxygen atoms in total. The molecule has 0 aromatic carbocycles. The number of likely N-dealkylation sites (tertiary alicyclic amines) is 1. The molecule has 1 rings (SSSR count). The Bertz CT molecular complexity index is 390. The van der Waals surface area contributed by atoms with Gasteiger partial charge in [0.15, 0.2) is 0 Å². The molecule has 1 fully saturated rings. The lowest BCUT2D eigenvalue weighted by Gasteiger charge is -2.23. The Morgan fingerprint density at radius 1 is 1.30 bits per heavy atom. The number of carbonyl (C=O) groups excluding carboxylic acids is 3. The SMILES string of the molecule is COC(=O)C1CCCN1CC(=O)NC(=O)NC(C)(C)C. The maximum Gasteiger partial charge on any atom is 0.323 e.